The van der Waals surface area contributed by atoms with Gasteiger partial charge in [-0.1, -0.05) is 18.2 Å². The van der Waals surface area contributed by atoms with Crippen molar-refractivity contribution in [3.63, 3.8) is 0 Å². The number of nitrogens with zero attached hydrogens (tertiary/aromatic N) is 1. The molecule has 0 aromatic heterocycles. The number of rotatable bonds is 3. The predicted molar refractivity (Wildman–Crippen MR) is 79.1 cm³/mol. The van der Waals surface area contributed by atoms with Crippen molar-refractivity contribution in [2.24, 2.45) is 0 Å². The Kier molecular flexibility index (Phi) is 4.05. The molecule has 0 aliphatic carbocycles. The van der Waals surface area contributed by atoms with Crippen molar-refractivity contribution in [3.05, 3.63) is 64.5 Å². The van der Waals surface area contributed by atoms with E-state index in [1.165, 1.54) is 23.3 Å². The first-order valence-corrected chi connectivity index (χ1v) is 6.54. The van der Waals surface area contributed by atoms with Crippen LogP contribution in [0.1, 0.15) is 35.2 Å². The maximum atomic E-state index is 13.1. The van der Waals surface area contributed by atoms with Crippen LogP contribution in [0.4, 0.5) is 10.1 Å². The number of nitriles is 1. The Morgan fingerprint density at radius 1 is 1.10 bits per heavy atom. The molecule has 0 aliphatic rings. The molecule has 0 radical (unpaired) electrons. The molecular formula is C17H17FN2. The highest BCUT2D eigenvalue weighted by atomic mass is 19.1. The molecule has 2 aromatic rings. The lowest BCUT2D eigenvalue weighted by atomic mass is 10.0. The van der Waals surface area contributed by atoms with Gasteiger partial charge in [0.25, 0.3) is 0 Å². The summed E-state index contributed by atoms with van der Waals surface area (Å²) in [6.07, 6.45) is 0. The molecule has 1 atom stereocenters. The molecule has 2 rings (SSSR count). The van der Waals surface area contributed by atoms with Gasteiger partial charge in [-0.3, -0.25) is 0 Å². The molecule has 20 heavy (non-hydrogen) atoms. The second-order valence-corrected chi connectivity index (χ2v) is 5.01. The van der Waals surface area contributed by atoms with Crippen molar-refractivity contribution in [1.29, 1.82) is 5.26 Å². The van der Waals surface area contributed by atoms with E-state index in [-0.39, 0.29) is 6.04 Å². The van der Waals surface area contributed by atoms with Crippen molar-refractivity contribution >= 4 is 5.69 Å². The number of halogens is 1. The number of hydrogen-bond acceptors (Lipinski definition) is 2. The zero-order chi connectivity index (χ0) is 14.7. The number of aryl methyl sites for hydroxylation is 2. The van der Waals surface area contributed by atoms with Crippen molar-refractivity contribution in [1.82, 2.24) is 0 Å². The lowest BCUT2D eigenvalue weighted by Gasteiger charge is -2.17. The summed E-state index contributed by atoms with van der Waals surface area (Å²) in [6, 6.07) is 12.5. The lowest BCUT2D eigenvalue weighted by Crippen LogP contribution is -2.08. The number of hydrogen-bond donors (Lipinski definition) is 1. The van der Waals surface area contributed by atoms with Gasteiger partial charge in [0.15, 0.2) is 0 Å². The van der Waals surface area contributed by atoms with Gasteiger partial charge in [0.2, 0.25) is 0 Å². The van der Waals surface area contributed by atoms with Crippen LogP contribution in [-0.2, 0) is 0 Å². The topological polar surface area (TPSA) is 35.8 Å². The van der Waals surface area contributed by atoms with Gasteiger partial charge in [0.05, 0.1) is 11.3 Å². The molecule has 0 aliphatic heterocycles. The Bertz CT molecular complexity index is 671. The zero-order valence-corrected chi connectivity index (χ0v) is 11.9. The molecular weight excluding hydrogens is 251 g/mol. The van der Waals surface area contributed by atoms with Crippen LogP contribution < -0.4 is 5.32 Å². The van der Waals surface area contributed by atoms with Gasteiger partial charge < -0.3 is 5.32 Å². The molecule has 1 N–H and O–H groups in total. The van der Waals surface area contributed by atoms with E-state index in [0.717, 1.165) is 5.56 Å². The van der Waals surface area contributed by atoms with Gasteiger partial charge in [-0.05, 0) is 55.7 Å². The van der Waals surface area contributed by atoms with Crippen LogP contribution in [0.2, 0.25) is 0 Å². The Balaban J connectivity index is 2.25. The third-order valence-corrected chi connectivity index (χ3v) is 3.51. The Morgan fingerprint density at radius 3 is 2.50 bits per heavy atom. The van der Waals surface area contributed by atoms with E-state index in [1.54, 1.807) is 6.07 Å². The molecule has 0 saturated heterocycles. The second kappa shape index (κ2) is 5.75. The smallest absolute Gasteiger partial charge is 0.124 e. The van der Waals surface area contributed by atoms with Crippen molar-refractivity contribution in [3.8, 4) is 6.07 Å². The van der Waals surface area contributed by atoms with Gasteiger partial charge in [0.1, 0.15) is 11.9 Å². The number of anilines is 1. The third-order valence-electron chi connectivity index (χ3n) is 3.51. The minimum absolute atomic E-state index is 0.0480. The van der Waals surface area contributed by atoms with Gasteiger partial charge in [-0.15, -0.1) is 0 Å². The summed E-state index contributed by atoms with van der Waals surface area (Å²) in [4.78, 5) is 0. The fourth-order valence-corrected chi connectivity index (χ4v) is 2.09. The fraction of sp³-hybridized carbons (Fsp3) is 0.235. The van der Waals surface area contributed by atoms with E-state index in [9.17, 15) is 4.39 Å². The second-order valence-electron chi connectivity index (χ2n) is 5.01. The van der Waals surface area contributed by atoms with Crippen LogP contribution in [-0.4, -0.2) is 0 Å². The monoisotopic (exact) mass is 268 g/mol. The summed E-state index contributed by atoms with van der Waals surface area (Å²) < 4.78 is 13.1. The van der Waals surface area contributed by atoms with Crippen molar-refractivity contribution in [2.75, 3.05) is 5.32 Å². The molecule has 0 heterocycles. The summed E-state index contributed by atoms with van der Waals surface area (Å²) in [7, 11) is 0. The molecule has 0 bridgehead atoms. The number of benzene rings is 2. The lowest BCUT2D eigenvalue weighted by molar-refractivity contribution is 0.627. The van der Waals surface area contributed by atoms with E-state index in [1.807, 2.05) is 13.0 Å². The Morgan fingerprint density at radius 2 is 1.85 bits per heavy atom. The first-order chi connectivity index (χ1) is 9.51. The summed E-state index contributed by atoms with van der Waals surface area (Å²) in [5, 5.41) is 12.3. The minimum Gasteiger partial charge on any atom is -0.377 e. The van der Waals surface area contributed by atoms with Gasteiger partial charge in [0, 0.05) is 6.04 Å². The SMILES string of the molecule is Cc1ccc(C(C)Nc2ccc(F)cc2C#N)cc1C. The maximum Gasteiger partial charge on any atom is 0.124 e. The molecule has 102 valence electrons. The third kappa shape index (κ3) is 2.97. The molecule has 1 unspecified atom stereocenters. The highest BCUT2D eigenvalue weighted by Crippen LogP contribution is 2.24. The van der Waals surface area contributed by atoms with Crippen LogP contribution in [0, 0.1) is 31.0 Å². The van der Waals surface area contributed by atoms with Gasteiger partial charge in [-0.25, -0.2) is 4.39 Å². The fourth-order valence-electron chi connectivity index (χ4n) is 2.09. The normalized spacial score (nSPS) is 11.8. The first-order valence-electron chi connectivity index (χ1n) is 6.54. The van der Waals surface area contributed by atoms with E-state index >= 15 is 0 Å². The molecule has 2 aromatic carbocycles. The molecule has 2 nitrogen and oxygen atoms in total. The predicted octanol–water partition coefficient (Wildman–Crippen LogP) is 4.49. The van der Waals surface area contributed by atoms with Crippen LogP contribution in [0.5, 0.6) is 0 Å². The summed E-state index contributed by atoms with van der Waals surface area (Å²) in [5.74, 6) is -0.397. The summed E-state index contributed by atoms with van der Waals surface area (Å²) >= 11 is 0. The van der Waals surface area contributed by atoms with Crippen LogP contribution in [0.15, 0.2) is 36.4 Å². The molecule has 0 saturated carbocycles. The average molecular weight is 268 g/mol. The molecule has 3 heteroatoms. The van der Waals surface area contributed by atoms with Crippen LogP contribution >= 0.6 is 0 Å². The first kappa shape index (κ1) is 14.1. The van der Waals surface area contributed by atoms with Crippen LogP contribution in [0.3, 0.4) is 0 Å². The van der Waals surface area contributed by atoms with Crippen LogP contribution in [0.25, 0.3) is 0 Å². The number of nitrogens with one attached hydrogen (secondary N) is 1. The summed E-state index contributed by atoms with van der Waals surface area (Å²) in [5.41, 5.74) is 4.60. The molecule has 0 spiro atoms. The van der Waals surface area contributed by atoms with E-state index in [0.29, 0.717) is 11.3 Å². The van der Waals surface area contributed by atoms with E-state index in [2.05, 4.69) is 37.4 Å². The maximum absolute atomic E-state index is 13.1. The highest BCUT2D eigenvalue weighted by molar-refractivity contribution is 5.58. The zero-order valence-electron chi connectivity index (χ0n) is 11.9. The van der Waals surface area contributed by atoms with Crippen molar-refractivity contribution < 1.29 is 4.39 Å². The van der Waals surface area contributed by atoms with Gasteiger partial charge >= 0.3 is 0 Å². The Hall–Kier alpha value is -2.34. The summed E-state index contributed by atoms with van der Waals surface area (Å²) in [6.45, 7) is 6.17. The Labute approximate surface area is 118 Å². The quantitative estimate of drug-likeness (QED) is 0.890. The highest BCUT2D eigenvalue weighted by Gasteiger charge is 2.10. The standard InChI is InChI=1S/C17H17FN2/c1-11-4-5-14(8-12(11)2)13(3)20-17-7-6-16(18)9-15(17)10-19/h4-9,13,20H,1-3H3. The van der Waals surface area contributed by atoms with Gasteiger partial charge in [-0.2, -0.15) is 5.26 Å². The average Bonchev–Trinajstić information content (AvgIpc) is 2.43. The van der Waals surface area contributed by atoms with E-state index in [4.69, 9.17) is 5.26 Å². The molecule has 0 amide bonds. The largest absolute Gasteiger partial charge is 0.377 e. The molecule has 0 fully saturated rings. The van der Waals surface area contributed by atoms with Crippen molar-refractivity contribution in [2.45, 2.75) is 26.8 Å². The minimum atomic E-state index is -0.397. The van der Waals surface area contributed by atoms with E-state index < -0.39 is 5.82 Å².